The maximum atomic E-state index is 11.8. The van der Waals surface area contributed by atoms with Crippen LogP contribution in [0.15, 0.2) is 88.8 Å². The lowest BCUT2D eigenvalue weighted by Crippen LogP contribution is -2.40. The van der Waals surface area contributed by atoms with Gasteiger partial charge < -0.3 is 10.0 Å². The van der Waals surface area contributed by atoms with Crippen LogP contribution in [0.3, 0.4) is 0 Å². The summed E-state index contributed by atoms with van der Waals surface area (Å²) >= 11 is 6.06. The summed E-state index contributed by atoms with van der Waals surface area (Å²) in [4.78, 5) is 6.93. The molecule has 2 unspecified atom stereocenters. The van der Waals surface area contributed by atoms with Crippen molar-refractivity contribution in [1.82, 2.24) is 0 Å². The molecule has 31 heavy (non-hydrogen) atoms. The molecule has 4 rings (SSSR count). The van der Waals surface area contributed by atoms with Crippen LogP contribution in [0, 0.1) is 0 Å². The Morgan fingerprint density at radius 1 is 1.00 bits per heavy atom. The third-order valence-electron chi connectivity index (χ3n) is 5.62. The van der Waals surface area contributed by atoms with Crippen LogP contribution < -0.4 is 4.90 Å². The minimum Gasteiger partial charge on any atom is -0.367 e. The van der Waals surface area contributed by atoms with E-state index >= 15 is 0 Å². The quantitative estimate of drug-likeness (QED) is 0.616. The van der Waals surface area contributed by atoms with Crippen LogP contribution in [0.5, 0.6) is 0 Å². The van der Waals surface area contributed by atoms with E-state index in [0.29, 0.717) is 10.9 Å². The van der Waals surface area contributed by atoms with Gasteiger partial charge in [-0.25, -0.2) is 13.4 Å². The average Bonchev–Trinajstić information content (AvgIpc) is 3.13. The van der Waals surface area contributed by atoms with Gasteiger partial charge in [0.1, 0.15) is 5.84 Å². The summed E-state index contributed by atoms with van der Waals surface area (Å²) in [5.41, 5.74) is 1.19. The van der Waals surface area contributed by atoms with Crippen LogP contribution >= 0.6 is 11.6 Å². The van der Waals surface area contributed by atoms with Gasteiger partial charge in [-0.15, -0.1) is 0 Å². The summed E-state index contributed by atoms with van der Waals surface area (Å²) in [6.07, 6.45) is 1.18. The summed E-state index contributed by atoms with van der Waals surface area (Å²) in [6.45, 7) is 2.21. The molecule has 3 aromatic rings. The molecule has 160 valence electrons. The molecule has 0 spiro atoms. The van der Waals surface area contributed by atoms with E-state index in [1.807, 2.05) is 54.3 Å². The van der Waals surface area contributed by atoms with E-state index in [-0.39, 0.29) is 17.4 Å². The molecule has 3 aromatic carbocycles. The highest BCUT2D eigenvalue weighted by Gasteiger charge is 2.43. The Morgan fingerprint density at radius 2 is 1.61 bits per heavy atom. The molecule has 2 atom stereocenters. The average molecular weight is 455 g/mol. The molecule has 1 heterocycles. The highest BCUT2D eigenvalue weighted by molar-refractivity contribution is 7.90. The van der Waals surface area contributed by atoms with E-state index in [4.69, 9.17) is 16.6 Å². The van der Waals surface area contributed by atoms with Crippen LogP contribution in [0.25, 0.3) is 0 Å². The van der Waals surface area contributed by atoms with Crippen molar-refractivity contribution >= 4 is 33.0 Å². The highest BCUT2D eigenvalue weighted by atomic mass is 35.5. The minimum atomic E-state index is -3.30. The number of hydrogen-bond acceptors (Lipinski definition) is 5. The molecule has 7 heteroatoms. The van der Waals surface area contributed by atoms with Crippen molar-refractivity contribution in [3.05, 3.63) is 95.0 Å². The van der Waals surface area contributed by atoms with Crippen molar-refractivity contribution < 1.29 is 13.5 Å². The van der Waals surface area contributed by atoms with Gasteiger partial charge in [0.05, 0.1) is 11.4 Å². The molecule has 0 saturated heterocycles. The molecule has 1 aliphatic rings. The molecule has 0 amide bonds. The number of sulfone groups is 1. The van der Waals surface area contributed by atoms with Gasteiger partial charge in [0.15, 0.2) is 15.6 Å². The van der Waals surface area contributed by atoms with Gasteiger partial charge in [0.2, 0.25) is 0 Å². The summed E-state index contributed by atoms with van der Waals surface area (Å²) in [6, 6.07) is 23.7. The summed E-state index contributed by atoms with van der Waals surface area (Å²) < 4.78 is 23.7. The number of hydrogen-bond donors (Lipinski definition) is 1. The normalized spacial score (nSPS) is 19.9. The number of aliphatic imine (C=N–C) groups is 1. The van der Waals surface area contributed by atoms with Crippen molar-refractivity contribution in [2.24, 2.45) is 4.99 Å². The van der Waals surface area contributed by atoms with Crippen molar-refractivity contribution in [3.8, 4) is 0 Å². The Kier molecular flexibility index (Phi) is 5.64. The number of anilines is 1. The fourth-order valence-corrected chi connectivity index (χ4v) is 4.49. The van der Waals surface area contributed by atoms with Crippen LogP contribution in [0.2, 0.25) is 5.02 Å². The first-order valence-corrected chi connectivity index (χ1v) is 12.1. The molecule has 0 saturated carbocycles. The third-order valence-corrected chi connectivity index (χ3v) is 7.00. The van der Waals surface area contributed by atoms with Crippen LogP contribution in [0.4, 0.5) is 5.69 Å². The number of aliphatic hydroxyl groups is 1. The second-order valence-corrected chi connectivity index (χ2v) is 10.3. The lowest BCUT2D eigenvalue weighted by Gasteiger charge is -2.29. The molecule has 0 bridgehead atoms. The van der Waals surface area contributed by atoms with Gasteiger partial charge in [0, 0.05) is 28.4 Å². The number of benzene rings is 3. The lowest BCUT2D eigenvalue weighted by molar-refractivity contribution is 0.0431. The van der Waals surface area contributed by atoms with Crippen LogP contribution in [-0.2, 0) is 9.84 Å². The monoisotopic (exact) mass is 454 g/mol. The number of halogens is 1. The van der Waals surface area contributed by atoms with Gasteiger partial charge in [0.25, 0.3) is 0 Å². The Bertz CT molecular complexity index is 1210. The number of amidine groups is 1. The van der Waals surface area contributed by atoms with E-state index in [1.165, 1.54) is 6.26 Å². The summed E-state index contributed by atoms with van der Waals surface area (Å²) in [5.74, 6) is 0.323. The largest absolute Gasteiger partial charge is 0.367 e. The van der Waals surface area contributed by atoms with E-state index in [1.54, 1.807) is 36.4 Å². The van der Waals surface area contributed by atoms with Crippen molar-refractivity contribution in [3.63, 3.8) is 0 Å². The predicted octanol–water partition coefficient (Wildman–Crippen LogP) is 4.50. The van der Waals surface area contributed by atoms with E-state index in [9.17, 15) is 13.5 Å². The van der Waals surface area contributed by atoms with E-state index in [2.05, 4.69) is 0 Å². The Labute approximate surface area is 187 Å². The first-order valence-electron chi connectivity index (χ1n) is 9.88. The molecular formula is C24H23ClN2O3S. The molecule has 0 radical (unpaired) electrons. The van der Waals surface area contributed by atoms with E-state index in [0.717, 1.165) is 16.8 Å². The third kappa shape index (κ3) is 4.37. The molecule has 0 aliphatic carbocycles. The van der Waals surface area contributed by atoms with E-state index < -0.39 is 15.6 Å². The fraction of sp³-hybridized carbons (Fsp3) is 0.208. The first-order chi connectivity index (χ1) is 14.7. The molecule has 0 fully saturated rings. The van der Waals surface area contributed by atoms with Crippen molar-refractivity contribution in [1.29, 1.82) is 0 Å². The summed E-state index contributed by atoms with van der Waals surface area (Å²) in [7, 11) is -3.30. The van der Waals surface area contributed by atoms with Crippen molar-refractivity contribution in [2.75, 3.05) is 17.7 Å². The number of rotatable bonds is 5. The first kappa shape index (κ1) is 21.6. The molecule has 0 aromatic heterocycles. The second kappa shape index (κ2) is 8.11. The Morgan fingerprint density at radius 3 is 2.19 bits per heavy atom. The number of β-amino-alcohol motifs (C(OH)–C–C–N with tert-alkyl or cyclic N) is 1. The van der Waals surface area contributed by atoms with Gasteiger partial charge in [-0.1, -0.05) is 48.9 Å². The van der Waals surface area contributed by atoms with Gasteiger partial charge in [-0.05, 0) is 54.1 Å². The zero-order valence-electron chi connectivity index (χ0n) is 17.2. The Hall–Kier alpha value is -2.67. The molecule has 5 nitrogen and oxygen atoms in total. The topological polar surface area (TPSA) is 70.0 Å². The zero-order valence-corrected chi connectivity index (χ0v) is 18.8. The van der Waals surface area contributed by atoms with Gasteiger partial charge >= 0.3 is 0 Å². The predicted molar refractivity (Wildman–Crippen MR) is 125 cm³/mol. The van der Waals surface area contributed by atoms with Crippen molar-refractivity contribution in [2.45, 2.75) is 23.5 Å². The van der Waals surface area contributed by atoms with Crippen LogP contribution in [0.1, 0.15) is 24.0 Å². The zero-order chi connectivity index (χ0) is 22.2. The fourth-order valence-electron chi connectivity index (χ4n) is 3.74. The Balaban J connectivity index is 1.78. The SMILES string of the molecule is CC(c1ccccc1)C1(O)CN(c2ccc(Cl)cc2)C(c2ccc(S(C)(=O)=O)cc2)=N1. The lowest BCUT2D eigenvalue weighted by atomic mass is 9.90. The minimum absolute atomic E-state index is 0.237. The summed E-state index contributed by atoms with van der Waals surface area (Å²) in [5, 5.41) is 12.2. The maximum Gasteiger partial charge on any atom is 0.183 e. The maximum absolute atomic E-state index is 11.8. The smallest absolute Gasteiger partial charge is 0.183 e. The van der Waals surface area contributed by atoms with Crippen LogP contribution in [-0.4, -0.2) is 37.9 Å². The van der Waals surface area contributed by atoms with Gasteiger partial charge in [-0.3, -0.25) is 0 Å². The second-order valence-electron chi connectivity index (χ2n) is 7.81. The standard InChI is InChI=1S/C24H23ClN2O3S/c1-17(18-6-4-3-5-7-18)24(28)16-27(21-12-10-20(25)11-13-21)23(26-24)19-8-14-22(15-9-19)31(2,29)30/h3-15,17,28H,16H2,1-2H3. The highest BCUT2D eigenvalue weighted by Crippen LogP contribution is 2.37. The number of nitrogens with zero attached hydrogens (tertiary/aromatic N) is 2. The van der Waals surface area contributed by atoms with Gasteiger partial charge in [-0.2, -0.15) is 0 Å². The molecule has 1 aliphatic heterocycles. The molecular weight excluding hydrogens is 432 g/mol. The molecule has 1 N–H and O–H groups in total.